The number of nitrogens with zero attached hydrogens (tertiary/aromatic N) is 7. The van der Waals surface area contributed by atoms with Gasteiger partial charge in [-0.05, 0) is 12.1 Å². The zero-order valence-corrected chi connectivity index (χ0v) is 15.7. The molecule has 0 aliphatic carbocycles. The monoisotopic (exact) mass is 383 g/mol. The molecule has 0 unspecified atom stereocenters. The lowest BCUT2D eigenvalue weighted by Gasteiger charge is -2.35. The second-order valence-corrected chi connectivity index (χ2v) is 7.48. The van der Waals surface area contributed by atoms with Gasteiger partial charge in [0.15, 0.2) is 10.9 Å². The third kappa shape index (κ3) is 2.69. The van der Waals surface area contributed by atoms with E-state index in [2.05, 4.69) is 36.9 Å². The lowest BCUT2D eigenvalue weighted by molar-refractivity contribution is 0.634. The van der Waals surface area contributed by atoms with Crippen molar-refractivity contribution >= 4 is 38.2 Å². The van der Waals surface area contributed by atoms with Gasteiger partial charge in [-0.1, -0.05) is 24.3 Å². The summed E-state index contributed by atoms with van der Waals surface area (Å²) in [6.45, 7) is 5.28. The highest BCUT2D eigenvalue weighted by Crippen LogP contribution is 2.31. The smallest absolute Gasteiger partial charge is 0.203 e. The number of rotatable bonds is 3. The Morgan fingerprint density at radius 2 is 1.93 bits per heavy atom. The fourth-order valence-electron chi connectivity index (χ4n) is 3.47. The fraction of sp³-hybridized carbons (Fsp3) is 0.333. The van der Waals surface area contributed by atoms with Crippen molar-refractivity contribution < 1.29 is 4.39 Å². The van der Waals surface area contributed by atoms with Crippen LogP contribution < -0.4 is 9.80 Å². The lowest BCUT2D eigenvalue weighted by Crippen LogP contribution is -2.47. The molecule has 5 rings (SSSR count). The maximum Gasteiger partial charge on any atom is 0.203 e. The van der Waals surface area contributed by atoms with Gasteiger partial charge in [0.05, 0.1) is 4.70 Å². The summed E-state index contributed by atoms with van der Waals surface area (Å²) in [5.41, 5.74) is 1.26. The molecule has 1 fully saturated rings. The van der Waals surface area contributed by atoms with E-state index in [1.165, 1.54) is 17.4 Å². The summed E-state index contributed by atoms with van der Waals surface area (Å²) in [5.74, 6) is 1.53. The number of piperazine rings is 1. The Hall–Kier alpha value is -2.81. The molecular formula is C18H18FN7S. The normalized spacial score (nSPS) is 15.2. The third-order valence-electron chi connectivity index (χ3n) is 4.90. The van der Waals surface area contributed by atoms with Crippen molar-refractivity contribution in [2.75, 3.05) is 36.0 Å². The van der Waals surface area contributed by atoms with Gasteiger partial charge < -0.3 is 9.80 Å². The number of anilines is 2. The Kier molecular flexibility index (Phi) is 3.89. The minimum atomic E-state index is -0.261. The third-order valence-corrected chi connectivity index (χ3v) is 5.98. The van der Waals surface area contributed by atoms with Gasteiger partial charge >= 0.3 is 0 Å². The van der Waals surface area contributed by atoms with E-state index in [0.717, 1.165) is 59.7 Å². The van der Waals surface area contributed by atoms with Gasteiger partial charge in [-0.2, -0.15) is 0 Å². The lowest BCUT2D eigenvalue weighted by atomic mass is 10.3. The first-order valence-corrected chi connectivity index (χ1v) is 9.80. The number of aromatic nitrogens is 5. The Bertz CT molecular complexity index is 1110. The van der Waals surface area contributed by atoms with Crippen molar-refractivity contribution in [1.29, 1.82) is 0 Å². The van der Waals surface area contributed by atoms with Crippen LogP contribution in [0.15, 0.2) is 30.6 Å². The van der Waals surface area contributed by atoms with Crippen molar-refractivity contribution in [2.45, 2.75) is 13.3 Å². The molecule has 0 N–H and O–H groups in total. The summed E-state index contributed by atoms with van der Waals surface area (Å²) in [6, 6.07) is 5.10. The molecule has 0 bridgehead atoms. The van der Waals surface area contributed by atoms with E-state index in [0.29, 0.717) is 5.52 Å². The van der Waals surface area contributed by atoms with Gasteiger partial charge in [0.2, 0.25) is 5.65 Å². The highest BCUT2D eigenvalue weighted by molar-refractivity contribution is 7.22. The molecule has 27 heavy (non-hydrogen) atoms. The molecule has 0 saturated carbocycles. The van der Waals surface area contributed by atoms with Crippen molar-refractivity contribution in [3.63, 3.8) is 0 Å². The number of fused-ring (bicyclic) bond motifs is 2. The van der Waals surface area contributed by atoms with E-state index in [1.807, 2.05) is 16.7 Å². The molecule has 138 valence electrons. The number of aryl methyl sites for hydroxylation is 1. The van der Waals surface area contributed by atoms with Crippen LogP contribution in [-0.2, 0) is 6.42 Å². The Morgan fingerprint density at radius 3 is 2.70 bits per heavy atom. The van der Waals surface area contributed by atoms with Gasteiger partial charge in [0.1, 0.15) is 17.2 Å². The molecule has 3 aromatic heterocycles. The molecule has 4 aromatic rings. The molecule has 0 atom stereocenters. The van der Waals surface area contributed by atoms with E-state index in [1.54, 1.807) is 12.3 Å². The first-order chi connectivity index (χ1) is 13.2. The highest BCUT2D eigenvalue weighted by Gasteiger charge is 2.23. The molecule has 4 heterocycles. The zero-order valence-electron chi connectivity index (χ0n) is 14.8. The minimum absolute atomic E-state index is 0.261. The van der Waals surface area contributed by atoms with Gasteiger partial charge in [-0.15, -0.1) is 10.2 Å². The van der Waals surface area contributed by atoms with Crippen LogP contribution in [0.4, 0.5) is 15.3 Å². The van der Waals surface area contributed by atoms with Gasteiger partial charge in [-0.25, -0.2) is 14.4 Å². The van der Waals surface area contributed by atoms with E-state index < -0.39 is 0 Å². The number of hydrogen-bond donors (Lipinski definition) is 0. The van der Waals surface area contributed by atoms with Crippen LogP contribution in [0.5, 0.6) is 0 Å². The quantitative estimate of drug-likeness (QED) is 0.542. The van der Waals surface area contributed by atoms with Gasteiger partial charge in [0, 0.05) is 45.0 Å². The van der Waals surface area contributed by atoms with Crippen molar-refractivity contribution in [2.24, 2.45) is 0 Å². The summed E-state index contributed by atoms with van der Waals surface area (Å²) in [7, 11) is 0. The molecule has 1 aliphatic heterocycles. The van der Waals surface area contributed by atoms with Crippen LogP contribution in [0, 0.1) is 5.82 Å². The van der Waals surface area contributed by atoms with Crippen LogP contribution in [0.25, 0.3) is 15.9 Å². The van der Waals surface area contributed by atoms with E-state index in [9.17, 15) is 4.39 Å². The maximum absolute atomic E-state index is 13.9. The number of thiazole rings is 1. The summed E-state index contributed by atoms with van der Waals surface area (Å²) in [5, 5.41) is 9.45. The van der Waals surface area contributed by atoms with E-state index in [4.69, 9.17) is 0 Å². The molecule has 1 saturated heterocycles. The first kappa shape index (κ1) is 16.4. The largest absolute Gasteiger partial charge is 0.350 e. The predicted molar refractivity (Wildman–Crippen MR) is 104 cm³/mol. The molecule has 1 aromatic carbocycles. The number of hydrogen-bond acceptors (Lipinski definition) is 7. The Balaban J connectivity index is 1.38. The number of para-hydroxylation sites is 1. The Morgan fingerprint density at radius 1 is 1.11 bits per heavy atom. The van der Waals surface area contributed by atoms with Crippen LogP contribution in [-0.4, -0.2) is 50.7 Å². The van der Waals surface area contributed by atoms with Crippen molar-refractivity contribution in [1.82, 2.24) is 24.6 Å². The summed E-state index contributed by atoms with van der Waals surface area (Å²) in [4.78, 5) is 13.5. The Labute approximate surface area is 159 Å². The zero-order chi connectivity index (χ0) is 18.4. The molecule has 0 radical (unpaired) electrons. The SMILES string of the molecule is CCc1nnc2c(N3CCN(c4nc5c(F)cccc5s4)CC3)nccn12. The average Bonchev–Trinajstić information content (AvgIpc) is 3.33. The molecule has 7 nitrogen and oxygen atoms in total. The number of benzene rings is 1. The van der Waals surface area contributed by atoms with E-state index in [-0.39, 0.29) is 5.82 Å². The molecule has 1 aliphatic rings. The number of halogens is 1. The van der Waals surface area contributed by atoms with Crippen LogP contribution >= 0.6 is 11.3 Å². The summed E-state index contributed by atoms with van der Waals surface area (Å²) in [6.07, 6.45) is 4.53. The average molecular weight is 383 g/mol. The van der Waals surface area contributed by atoms with Crippen molar-refractivity contribution in [3.05, 3.63) is 42.2 Å². The highest BCUT2D eigenvalue weighted by atomic mass is 32.1. The summed E-state index contributed by atoms with van der Waals surface area (Å²) >= 11 is 1.54. The molecule has 0 spiro atoms. The summed E-state index contributed by atoms with van der Waals surface area (Å²) < 4.78 is 16.8. The molecule has 0 amide bonds. The fourth-order valence-corrected chi connectivity index (χ4v) is 4.50. The first-order valence-electron chi connectivity index (χ1n) is 8.98. The topological polar surface area (TPSA) is 62.5 Å². The second-order valence-electron chi connectivity index (χ2n) is 6.47. The molecule has 9 heteroatoms. The second kappa shape index (κ2) is 6.41. The minimum Gasteiger partial charge on any atom is -0.350 e. The predicted octanol–water partition coefficient (Wildman–Crippen LogP) is 2.76. The van der Waals surface area contributed by atoms with Gasteiger partial charge in [0.25, 0.3) is 0 Å². The standard InChI is InChI=1S/C18H18FN7S/c1-2-14-22-23-17-16(20-6-7-26(14)17)24-8-10-25(11-9-24)18-21-15-12(19)4-3-5-13(15)27-18/h3-7H,2,8-11H2,1H3. The van der Waals surface area contributed by atoms with Crippen molar-refractivity contribution in [3.8, 4) is 0 Å². The van der Waals surface area contributed by atoms with Gasteiger partial charge in [-0.3, -0.25) is 4.40 Å². The van der Waals surface area contributed by atoms with Crippen LogP contribution in [0.1, 0.15) is 12.7 Å². The van der Waals surface area contributed by atoms with E-state index >= 15 is 0 Å². The molecular weight excluding hydrogens is 365 g/mol. The van der Waals surface area contributed by atoms with Crippen LogP contribution in [0.3, 0.4) is 0 Å². The van der Waals surface area contributed by atoms with Crippen LogP contribution in [0.2, 0.25) is 0 Å². The maximum atomic E-state index is 13.9.